The van der Waals surface area contributed by atoms with E-state index in [4.69, 9.17) is 4.74 Å². The lowest BCUT2D eigenvalue weighted by molar-refractivity contribution is 0.168. The Morgan fingerprint density at radius 3 is 2.75 bits per heavy atom. The SMILES string of the molecule is CCOC(=O)Nc1ccc(Nc2ccccc2F)nc1. The van der Waals surface area contributed by atoms with Gasteiger partial charge in [-0.25, -0.2) is 14.2 Å². The number of halogens is 1. The van der Waals surface area contributed by atoms with E-state index in [0.717, 1.165) is 0 Å². The zero-order valence-corrected chi connectivity index (χ0v) is 10.9. The van der Waals surface area contributed by atoms with Gasteiger partial charge in [0.15, 0.2) is 0 Å². The number of nitrogens with one attached hydrogen (secondary N) is 2. The minimum Gasteiger partial charge on any atom is -0.450 e. The third-order valence-corrected chi connectivity index (χ3v) is 2.42. The Bertz CT molecular complexity index is 587. The highest BCUT2D eigenvalue weighted by molar-refractivity contribution is 5.84. The van der Waals surface area contributed by atoms with E-state index >= 15 is 0 Å². The predicted molar refractivity (Wildman–Crippen MR) is 74.6 cm³/mol. The van der Waals surface area contributed by atoms with Crippen molar-refractivity contribution in [2.45, 2.75) is 6.92 Å². The molecule has 0 fully saturated rings. The molecule has 1 heterocycles. The van der Waals surface area contributed by atoms with Crippen LogP contribution < -0.4 is 10.6 Å². The maximum atomic E-state index is 13.4. The lowest BCUT2D eigenvalue weighted by atomic mass is 10.3. The molecule has 2 N–H and O–H groups in total. The Morgan fingerprint density at radius 1 is 1.30 bits per heavy atom. The molecule has 104 valence electrons. The van der Waals surface area contributed by atoms with Gasteiger partial charge in [-0.3, -0.25) is 5.32 Å². The molecular formula is C14H14FN3O2. The summed E-state index contributed by atoms with van der Waals surface area (Å²) in [7, 11) is 0. The molecule has 0 saturated carbocycles. The smallest absolute Gasteiger partial charge is 0.411 e. The van der Waals surface area contributed by atoms with Crippen molar-refractivity contribution in [2.24, 2.45) is 0 Å². The molecule has 0 spiro atoms. The van der Waals surface area contributed by atoms with Crippen LogP contribution in [0.15, 0.2) is 42.6 Å². The van der Waals surface area contributed by atoms with Gasteiger partial charge in [-0.2, -0.15) is 0 Å². The van der Waals surface area contributed by atoms with Crippen LogP contribution in [0.1, 0.15) is 6.92 Å². The van der Waals surface area contributed by atoms with Crippen molar-refractivity contribution in [3.8, 4) is 0 Å². The van der Waals surface area contributed by atoms with Crippen LogP contribution in [0.3, 0.4) is 0 Å². The Kier molecular flexibility index (Phi) is 4.49. The number of hydrogen-bond donors (Lipinski definition) is 2. The van der Waals surface area contributed by atoms with Crippen LogP contribution in [0.25, 0.3) is 0 Å². The van der Waals surface area contributed by atoms with E-state index in [1.807, 2.05) is 0 Å². The van der Waals surface area contributed by atoms with Gasteiger partial charge in [0.2, 0.25) is 0 Å². The maximum absolute atomic E-state index is 13.4. The third-order valence-electron chi connectivity index (χ3n) is 2.42. The Morgan fingerprint density at radius 2 is 2.10 bits per heavy atom. The van der Waals surface area contributed by atoms with Gasteiger partial charge in [-0.05, 0) is 31.2 Å². The summed E-state index contributed by atoms with van der Waals surface area (Å²) < 4.78 is 18.2. The summed E-state index contributed by atoms with van der Waals surface area (Å²) in [5.74, 6) is 0.118. The molecule has 0 unspecified atom stereocenters. The zero-order valence-electron chi connectivity index (χ0n) is 10.9. The van der Waals surface area contributed by atoms with Crippen LogP contribution >= 0.6 is 0 Å². The van der Waals surface area contributed by atoms with Gasteiger partial charge in [-0.15, -0.1) is 0 Å². The number of benzene rings is 1. The lowest BCUT2D eigenvalue weighted by Gasteiger charge is -2.08. The summed E-state index contributed by atoms with van der Waals surface area (Å²) in [5.41, 5.74) is 0.841. The normalized spacial score (nSPS) is 9.90. The molecule has 1 aromatic heterocycles. The highest BCUT2D eigenvalue weighted by atomic mass is 19.1. The largest absolute Gasteiger partial charge is 0.450 e. The van der Waals surface area contributed by atoms with E-state index in [0.29, 0.717) is 23.8 Å². The van der Waals surface area contributed by atoms with Gasteiger partial charge >= 0.3 is 6.09 Å². The number of hydrogen-bond acceptors (Lipinski definition) is 4. The predicted octanol–water partition coefficient (Wildman–Crippen LogP) is 3.53. The number of anilines is 3. The van der Waals surface area contributed by atoms with Gasteiger partial charge in [0.1, 0.15) is 11.6 Å². The van der Waals surface area contributed by atoms with E-state index in [1.54, 1.807) is 37.3 Å². The number of para-hydroxylation sites is 1. The Labute approximate surface area is 115 Å². The highest BCUT2D eigenvalue weighted by Gasteiger charge is 2.04. The van der Waals surface area contributed by atoms with E-state index < -0.39 is 6.09 Å². The first-order valence-corrected chi connectivity index (χ1v) is 6.10. The molecule has 1 amide bonds. The molecule has 5 nitrogen and oxygen atoms in total. The number of ether oxygens (including phenoxy) is 1. The topological polar surface area (TPSA) is 63.2 Å². The number of aromatic nitrogens is 1. The molecule has 0 aliphatic heterocycles. The molecular weight excluding hydrogens is 261 g/mol. The van der Waals surface area contributed by atoms with Crippen LogP contribution in [0.2, 0.25) is 0 Å². The zero-order chi connectivity index (χ0) is 14.4. The second kappa shape index (κ2) is 6.51. The summed E-state index contributed by atoms with van der Waals surface area (Å²) in [6.45, 7) is 2.02. The second-order valence-electron chi connectivity index (χ2n) is 3.88. The molecule has 0 atom stereocenters. The minimum absolute atomic E-state index is 0.298. The summed E-state index contributed by atoms with van der Waals surface area (Å²) in [5, 5.41) is 5.37. The van der Waals surface area contributed by atoms with Crippen molar-refractivity contribution >= 4 is 23.3 Å². The quantitative estimate of drug-likeness (QED) is 0.896. The van der Waals surface area contributed by atoms with Crippen molar-refractivity contribution in [2.75, 3.05) is 17.2 Å². The fourth-order valence-electron chi connectivity index (χ4n) is 1.53. The van der Waals surface area contributed by atoms with Crippen molar-refractivity contribution in [1.29, 1.82) is 0 Å². The van der Waals surface area contributed by atoms with Gasteiger partial charge in [0.25, 0.3) is 0 Å². The second-order valence-corrected chi connectivity index (χ2v) is 3.88. The fourth-order valence-corrected chi connectivity index (χ4v) is 1.53. The molecule has 20 heavy (non-hydrogen) atoms. The van der Waals surface area contributed by atoms with E-state index in [2.05, 4.69) is 15.6 Å². The molecule has 0 bridgehead atoms. The first-order chi connectivity index (χ1) is 9.69. The van der Waals surface area contributed by atoms with Crippen molar-refractivity contribution in [3.63, 3.8) is 0 Å². The van der Waals surface area contributed by atoms with E-state index in [-0.39, 0.29) is 5.82 Å². The summed E-state index contributed by atoms with van der Waals surface area (Å²) >= 11 is 0. The third kappa shape index (κ3) is 3.68. The number of carbonyl (C=O) groups excluding carboxylic acids is 1. The van der Waals surface area contributed by atoms with E-state index in [9.17, 15) is 9.18 Å². The van der Waals surface area contributed by atoms with Crippen LogP contribution in [-0.4, -0.2) is 17.7 Å². The number of rotatable bonds is 4. The highest BCUT2D eigenvalue weighted by Crippen LogP contribution is 2.18. The average molecular weight is 275 g/mol. The number of nitrogens with zero attached hydrogens (tertiary/aromatic N) is 1. The molecule has 2 aromatic rings. The summed E-state index contributed by atoms with van der Waals surface area (Å²) in [6.07, 6.45) is 0.921. The summed E-state index contributed by atoms with van der Waals surface area (Å²) in [6, 6.07) is 9.59. The average Bonchev–Trinajstić information content (AvgIpc) is 2.44. The number of carbonyl (C=O) groups is 1. The Hall–Kier alpha value is -2.63. The fraction of sp³-hybridized carbons (Fsp3) is 0.143. The number of amides is 1. The van der Waals surface area contributed by atoms with Gasteiger partial charge in [0.05, 0.1) is 24.2 Å². The standard InChI is InChI=1S/C14H14FN3O2/c1-2-20-14(19)17-10-7-8-13(16-9-10)18-12-6-4-3-5-11(12)15/h3-9H,2H2,1H3,(H,16,18)(H,17,19). The molecule has 2 rings (SSSR count). The van der Waals surface area contributed by atoms with Crippen LogP contribution in [-0.2, 0) is 4.74 Å². The molecule has 0 aliphatic carbocycles. The first kappa shape index (κ1) is 13.8. The van der Waals surface area contributed by atoms with Crippen LogP contribution in [0.4, 0.5) is 26.4 Å². The van der Waals surface area contributed by atoms with Gasteiger partial charge in [-0.1, -0.05) is 12.1 Å². The number of pyridine rings is 1. The van der Waals surface area contributed by atoms with Gasteiger partial charge in [0, 0.05) is 0 Å². The maximum Gasteiger partial charge on any atom is 0.411 e. The summed E-state index contributed by atoms with van der Waals surface area (Å²) in [4.78, 5) is 15.3. The van der Waals surface area contributed by atoms with Crippen LogP contribution in [0, 0.1) is 5.82 Å². The van der Waals surface area contributed by atoms with E-state index in [1.165, 1.54) is 12.3 Å². The Balaban J connectivity index is 2.02. The van der Waals surface area contributed by atoms with Crippen molar-refractivity contribution in [1.82, 2.24) is 4.98 Å². The monoisotopic (exact) mass is 275 g/mol. The lowest BCUT2D eigenvalue weighted by Crippen LogP contribution is -2.13. The minimum atomic E-state index is -0.538. The molecule has 6 heteroatoms. The molecule has 0 aliphatic rings. The van der Waals surface area contributed by atoms with Crippen LogP contribution in [0.5, 0.6) is 0 Å². The van der Waals surface area contributed by atoms with Crippen molar-refractivity contribution < 1.29 is 13.9 Å². The molecule has 0 saturated heterocycles. The first-order valence-electron chi connectivity index (χ1n) is 6.10. The van der Waals surface area contributed by atoms with Crippen molar-refractivity contribution in [3.05, 3.63) is 48.4 Å². The molecule has 0 radical (unpaired) electrons. The van der Waals surface area contributed by atoms with Gasteiger partial charge < -0.3 is 10.1 Å². The molecule has 1 aromatic carbocycles.